The minimum Gasteiger partial charge on any atom is -0.347 e. The minimum absolute atomic E-state index is 0.0779. The SMILES string of the molecule is CC(C)C[C@H]1NC(=O)[C@@H]2C[C@H](NC(=O)c3cc(Cl)cc(Cl)c3)CN2C1=O. The standard InChI is InChI=1S/C18H21Cl2N3O3/c1-9(2)3-14-18(26)23-8-13(7-15(23)17(25)22-14)21-16(24)10-4-11(19)6-12(20)5-10/h4-6,9,13-15H,3,7-8H2,1-2H3,(H,21,24)(H,22,25)/t13-,14+,15-/m0/s1. The van der Waals surface area contributed by atoms with Gasteiger partial charge in [-0.15, -0.1) is 0 Å². The van der Waals surface area contributed by atoms with Gasteiger partial charge in [0.25, 0.3) is 5.91 Å². The lowest BCUT2D eigenvalue weighted by Crippen LogP contribution is -2.61. The van der Waals surface area contributed by atoms with Crippen LogP contribution in [0.3, 0.4) is 0 Å². The van der Waals surface area contributed by atoms with E-state index >= 15 is 0 Å². The summed E-state index contributed by atoms with van der Waals surface area (Å²) in [5.41, 5.74) is 0.348. The van der Waals surface area contributed by atoms with Crippen LogP contribution < -0.4 is 10.6 Å². The molecule has 2 heterocycles. The first-order valence-electron chi connectivity index (χ1n) is 8.62. The lowest BCUT2D eigenvalue weighted by atomic mass is 9.99. The van der Waals surface area contributed by atoms with Gasteiger partial charge in [0.2, 0.25) is 11.8 Å². The van der Waals surface area contributed by atoms with Crippen molar-refractivity contribution in [3.63, 3.8) is 0 Å². The number of carbonyl (C=O) groups excluding carboxylic acids is 3. The molecular weight excluding hydrogens is 377 g/mol. The third-order valence-electron chi connectivity index (χ3n) is 4.67. The van der Waals surface area contributed by atoms with Gasteiger partial charge in [-0.25, -0.2) is 0 Å². The van der Waals surface area contributed by atoms with Gasteiger partial charge in [-0.3, -0.25) is 14.4 Å². The van der Waals surface area contributed by atoms with Crippen LogP contribution in [0.5, 0.6) is 0 Å². The van der Waals surface area contributed by atoms with E-state index in [-0.39, 0.29) is 23.8 Å². The Morgan fingerprint density at radius 3 is 2.54 bits per heavy atom. The number of carbonyl (C=O) groups is 3. The Hall–Kier alpha value is -1.79. The lowest BCUT2D eigenvalue weighted by Gasteiger charge is -2.35. The first kappa shape index (κ1) is 19.0. The number of amides is 3. The van der Waals surface area contributed by atoms with Crippen LogP contribution in [-0.2, 0) is 9.59 Å². The number of nitrogens with zero attached hydrogens (tertiary/aromatic N) is 1. The Labute approximate surface area is 162 Å². The smallest absolute Gasteiger partial charge is 0.251 e. The highest BCUT2D eigenvalue weighted by Crippen LogP contribution is 2.25. The molecule has 0 radical (unpaired) electrons. The van der Waals surface area contributed by atoms with Crippen LogP contribution in [0.25, 0.3) is 0 Å². The fourth-order valence-corrected chi connectivity index (χ4v) is 4.07. The molecule has 140 valence electrons. The minimum atomic E-state index is -0.529. The molecule has 26 heavy (non-hydrogen) atoms. The summed E-state index contributed by atoms with van der Waals surface area (Å²) in [5.74, 6) is -0.263. The highest BCUT2D eigenvalue weighted by molar-refractivity contribution is 6.35. The summed E-state index contributed by atoms with van der Waals surface area (Å²) in [7, 11) is 0. The number of piperazine rings is 1. The number of hydrogen-bond acceptors (Lipinski definition) is 3. The molecule has 3 amide bonds. The summed E-state index contributed by atoms with van der Waals surface area (Å²) < 4.78 is 0. The highest BCUT2D eigenvalue weighted by atomic mass is 35.5. The molecule has 3 atom stereocenters. The Bertz CT molecular complexity index is 733. The molecule has 0 aromatic heterocycles. The molecule has 2 aliphatic rings. The maximum absolute atomic E-state index is 12.6. The molecule has 0 spiro atoms. The summed E-state index contributed by atoms with van der Waals surface area (Å²) in [4.78, 5) is 39.0. The van der Waals surface area contributed by atoms with Gasteiger partial charge in [0.05, 0.1) is 0 Å². The van der Waals surface area contributed by atoms with E-state index in [2.05, 4.69) is 10.6 Å². The zero-order valence-electron chi connectivity index (χ0n) is 14.6. The summed E-state index contributed by atoms with van der Waals surface area (Å²) in [6, 6.07) is 3.30. The van der Waals surface area contributed by atoms with Crippen molar-refractivity contribution in [2.24, 2.45) is 5.92 Å². The van der Waals surface area contributed by atoms with Crippen LogP contribution in [0.2, 0.25) is 10.0 Å². The zero-order valence-corrected chi connectivity index (χ0v) is 16.1. The molecule has 3 rings (SSSR count). The Balaban J connectivity index is 1.68. The molecule has 1 aromatic rings. The number of hydrogen-bond donors (Lipinski definition) is 2. The van der Waals surface area contributed by atoms with Gasteiger partial charge in [0.15, 0.2) is 0 Å². The van der Waals surface area contributed by atoms with Crippen LogP contribution in [0.1, 0.15) is 37.0 Å². The first-order chi connectivity index (χ1) is 12.2. The van der Waals surface area contributed by atoms with E-state index in [4.69, 9.17) is 23.2 Å². The second-order valence-corrected chi connectivity index (χ2v) is 8.13. The summed E-state index contributed by atoms with van der Waals surface area (Å²) in [6.07, 6.45) is 0.998. The summed E-state index contributed by atoms with van der Waals surface area (Å²) in [5, 5.41) is 6.43. The monoisotopic (exact) mass is 397 g/mol. The van der Waals surface area contributed by atoms with Crippen molar-refractivity contribution in [2.45, 2.75) is 44.8 Å². The normalized spacial score (nSPS) is 25.3. The van der Waals surface area contributed by atoms with Gasteiger partial charge >= 0.3 is 0 Å². The molecule has 0 unspecified atom stereocenters. The topological polar surface area (TPSA) is 78.5 Å². The van der Waals surface area contributed by atoms with E-state index in [0.29, 0.717) is 40.9 Å². The maximum atomic E-state index is 12.6. The van der Waals surface area contributed by atoms with Gasteiger partial charge in [-0.1, -0.05) is 37.0 Å². The number of fused-ring (bicyclic) bond motifs is 1. The lowest BCUT2D eigenvalue weighted by molar-refractivity contribution is -0.147. The van der Waals surface area contributed by atoms with E-state index in [1.807, 2.05) is 13.8 Å². The van der Waals surface area contributed by atoms with Gasteiger partial charge in [-0.05, 0) is 37.0 Å². The van der Waals surface area contributed by atoms with E-state index in [1.165, 1.54) is 12.1 Å². The highest BCUT2D eigenvalue weighted by Gasteiger charge is 2.46. The number of rotatable bonds is 4. The van der Waals surface area contributed by atoms with Crippen molar-refractivity contribution in [3.8, 4) is 0 Å². The van der Waals surface area contributed by atoms with Crippen molar-refractivity contribution in [2.75, 3.05) is 6.54 Å². The summed E-state index contributed by atoms with van der Waals surface area (Å²) in [6.45, 7) is 4.34. The van der Waals surface area contributed by atoms with Gasteiger partial charge < -0.3 is 15.5 Å². The molecule has 8 heteroatoms. The first-order valence-corrected chi connectivity index (χ1v) is 9.38. The summed E-state index contributed by atoms with van der Waals surface area (Å²) >= 11 is 11.9. The number of benzene rings is 1. The van der Waals surface area contributed by atoms with Crippen molar-refractivity contribution in [1.82, 2.24) is 15.5 Å². The number of halogens is 2. The molecule has 2 saturated heterocycles. The van der Waals surface area contributed by atoms with E-state index < -0.39 is 12.1 Å². The second-order valence-electron chi connectivity index (χ2n) is 7.26. The van der Waals surface area contributed by atoms with Crippen molar-refractivity contribution in [1.29, 1.82) is 0 Å². The average Bonchev–Trinajstić information content (AvgIpc) is 2.95. The third-order valence-corrected chi connectivity index (χ3v) is 5.10. The van der Waals surface area contributed by atoms with Crippen LogP contribution in [0.4, 0.5) is 0 Å². The predicted molar refractivity (Wildman–Crippen MR) is 99.2 cm³/mol. The molecular formula is C18H21Cl2N3O3. The number of nitrogens with one attached hydrogen (secondary N) is 2. The average molecular weight is 398 g/mol. The van der Waals surface area contributed by atoms with E-state index in [1.54, 1.807) is 11.0 Å². The predicted octanol–water partition coefficient (Wildman–Crippen LogP) is 2.24. The van der Waals surface area contributed by atoms with Gasteiger partial charge in [0, 0.05) is 28.2 Å². The van der Waals surface area contributed by atoms with Crippen LogP contribution in [-0.4, -0.2) is 47.3 Å². The molecule has 2 fully saturated rings. The van der Waals surface area contributed by atoms with Crippen LogP contribution in [0, 0.1) is 5.92 Å². The molecule has 2 N–H and O–H groups in total. The van der Waals surface area contributed by atoms with Crippen molar-refractivity contribution >= 4 is 40.9 Å². The Kier molecular flexibility index (Phi) is 5.44. The molecule has 0 saturated carbocycles. The fraction of sp³-hybridized carbons (Fsp3) is 0.500. The third kappa shape index (κ3) is 3.96. The molecule has 6 nitrogen and oxygen atoms in total. The Morgan fingerprint density at radius 2 is 1.92 bits per heavy atom. The zero-order chi connectivity index (χ0) is 19.0. The fourth-order valence-electron chi connectivity index (χ4n) is 3.55. The van der Waals surface area contributed by atoms with Crippen LogP contribution >= 0.6 is 23.2 Å². The largest absolute Gasteiger partial charge is 0.347 e. The maximum Gasteiger partial charge on any atom is 0.251 e. The van der Waals surface area contributed by atoms with E-state index in [9.17, 15) is 14.4 Å². The molecule has 0 aliphatic carbocycles. The van der Waals surface area contributed by atoms with Gasteiger partial charge in [-0.2, -0.15) is 0 Å². The van der Waals surface area contributed by atoms with Gasteiger partial charge in [0.1, 0.15) is 12.1 Å². The molecule has 1 aromatic carbocycles. The second kappa shape index (κ2) is 7.45. The van der Waals surface area contributed by atoms with Crippen molar-refractivity contribution in [3.05, 3.63) is 33.8 Å². The molecule has 0 bridgehead atoms. The Morgan fingerprint density at radius 1 is 1.27 bits per heavy atom. The molecule has 2 aliphatic heterocycles. The van der Waals surface area contributed by atoms with Crippen LogP contribution in [0.15, 0.2) is 18.2 Å². The van der Waals surface area contributed by atoms with E-state index in [0.717, 1.165) is 0 Å². The quantitative estimate of drug-likeness (QED) is 0.817. The van der Waals surface area contributed by atoms with Crippen molar-refractivity contribution < 1.29 is 14.4 Å².